The van der Waals surface area contributed by atoms with E-state index in [1.807, 2.05) is 0 Å². The van der Waals surface area contributed by atoms with E-state index in [0.29, 0.717) is 22.1 Å². The van der Waals surface area contributed by atoms with Crippen molar-refractivity contribution in [2.45, 2.75) is 0 Å². The number of rotatable bonds is 8. The molecule has 11 heteroatoms. The highest BCUT2D eigenvalue weighted by atomic mass is 35.5. The van der Waals surface area contributed by atoms with Crippen LogP contribution < -0.4 is 14.9 Å². The number of hydrazone groups is 1. The second-order valence-electron chi connectivity index (χ2n) is 6.42. The fraction of sp³-hybridized carbons (Fsp3) is 0.0455. The second-order valence-corrected chi connectivity index (χ2v) is 7.26. The average Bonchev–Trinajstić information content (AvgIpc) is 2.79. The molecule has 3 aromatic rings. The quantitative estimate of drug-likeness (QED) is 0.162. The fourth-order valence-electron chi connectivity index (χ4n) is 2.46. The Morgan fingerprint density at radius 2 is 1.67 bits per heavy atom. The lowest BCUT2D eigenvalue weighted by Crippen LogP contribution is -2.24. The number of nitro groups is 1. The number of carbonyl (C=O) groups is 2. The number of ether oxygens (including phenoxy) is 2. The van der Waals surface area contributed by atoms with E-state index in [4.69, 9.17) is 32.7 Å². The van der Waals surface area contributed by atoms with Crippen molar-refractivity contribution >= 4 is 47.0 Å². The summed E-state index contributed by atoms with van der Waals surface area (Å²) in [5, 5.41) is 15.0. The molecule has 3 rings (SSSR count). The van der Waals surface area contributed by atoms with Gasteiger partial charge in [-0.1, -0.05) is 23.2 Å². The third-order valence-electron chi connectivity index (χ3n) is 4.06. The van der Waals surface area contributed by atoms with Crippen LogP contribution in [0.2, 0.25) is 10.0 Å². The molecule has 0 aliphatic carbocycles. The SMILES string of the molecule is O=C(COc1ccc([N+](=O)[O-])cc1)N/N=C/c1ccc(OC(=O)c2ccc(Cl)cc2Cl)cc1. The summed E-state index contributed by atoms with van der Waals surface area (Å²) in [6.07, 6.45) is 1.39. The molecule has 0 aliphatic rings. The third-order valence-corrected chi connectivity index (χ3v) is 4.61. The van der Waals surface area contributed by atoms with Crippen LogP contribution >= 0.6 is 23.2 Å². The molecule has 168 valence electrons. The maximum absolute atomic E-state index is 12.2. The summed E-state index contributed by atoms with van der Waals surface area (Å²) in [6, 6.07) is 16.2. The number of benzene rings is 3. The van der Waals surface area contributed by atoms with Crippen LogP contribution in [0.15, 0.2) is 71.8 Å². The van der Waals surface area contributed by atoms with Crippen molar-refractivity contribution < 1.29 is 24.0 Å². The van der Waals surface area contributed by atoms with Crippen LogP contribution in [0, 0.1) is 10.1 Å². The summed E-state index contributed by atoms with van der Waals surface area (Å²) in [6.45, 7) is -0.322. The zero-order valence-electron chi connectivity index (χ0n) is 16.7. The van der Waals surface area contributed by atoms with Crippen molar-refractivity contribution in [2.75, 3.05) is 6.61 Å². The molecule has 0 saturated heterocycles. The van der Waals surface area contributed by atoms with Gasteiger partial charge in [0.15, 0.2) is 6.61 Å². The summed E-state index contributed by atoms with van der Waals surface area (Å²) in [5.41, 5.74) is 3.04. The van der Waals surface area contributed by atoms with E-state index in [1.165, 1.54) is 48.7 Å². The van der Waals surface area contributed by atoms with E-state index in [9.17, 15) is 19.7 Å². The van der Waals surface area contributed by atoms with Crippen molar-refractivity contribution in [3.05, 3.63) is 98.0 Å². The van der Waals surface area contributed by atoms with Crippen molar-refractivity contribution in [1.82, 2.24) is 5.43 Å². The van der Waals surface area contributed by atoms with E-state index in [1.54, 1.807) is 24.3 Å². The van der Waals surface area contributed by atoms with Crippen LogP contribution in [-0.4, -0.2) is 29.6 Å². The highest BCUT2D eigenvalue weighted by Gasteiger charge is 2.13. The molecule has 0 atom stereocenters. The molecule has 0 unspecified atom stereocenters. The predicted molar refractivity (Wildman–Crippen MR) is 122 cm³/mol. The van der Waals surface area contributed by atoms with Gasteiger partial charge in [0.05, 0.1) is 21.7 Å². The van der Waals surface area contributed by atoms with Crippen LogP contribution in [0.4, 0.5) is 5.69 Å². The Bertz CT molecular complexity index is 1200. The zero-order chi connectivity index (χ0) is 23.8. The van der Waals surface area contributed by atoms with Gasteiger partial charge in [-0.15, -0.1) is 0 Å². The summed E-state index contributed by atoms with van der Waals surface area (Å²) in [4.78, 5) is 34.1. The molecule has 0 saturated carbocycles. The number of esters is 1. The minimum absolute atomic E-state index is 0.0778. The number of amides is 1. The van der Waals surface area contributed by atoms with Gasteiger partial charge in [0, 0.05) is 17.2 Å². The minimum Gasteiger partial charge on any atom is -0.484 e. The predicted octanol–water partition coefficient (Wildman–Crippen LogP) is 4.65. The molecule has 9 nitrogen and oxygen atoms in total. The van der Waals surface area contributed by atoms with Crippen molar-refractivity contribution in [1.29, 1.82) is 0 Å². The topological polar surface area (TPSA) is 120 Å². The summed E-state index contributed by atoms with van der Waals surface area (Å²) in [5.74, 6) is -0.540. The maximum Gasteiger partial charge on any atom is 0.345 e. The number of hydrogen-bond donors (Lipinski definition) is 1. The van der Waals surface area contributed by atoms with Crippen LogP contribution in [0.5, 0.6) is 11.5 Å². The normalized spacial score (nSPS) is 10.6. The molecule has 0 heterocycles. The Kier molecular flexibility index (Phi) is 7.96. The highest BCUT2D eigenvalue weighted by Crippen LogP contribution is 2.23. The van der Waals surface area contributed by atoms with Crippen LogP contribution in [0.1, 0.15) is 15.9 Å². The average molecular weight is 488 g/mol. The summed E-state index contributed by atoms with van der Waals surface area (Å²) >= 11 is 11.8. The number of hydrogen-bond acceptors (Lipinski definition) is 7. The number of nitrogens with zero attached hydrogens (tertiary/aromatic N) is 2. The lowest BCUT2D eigenvalue weighted by Gasteiger charge is -2.06. The molecule has 0 radical (unpaired) electrons. The van der Waals surface area contributed by atoms with Gasteiger partial charge in [-0.3, -0.25) is 14.9 Å². The first kappa shape index (κ1) is 23.7. The van der Waals surface area contributed by atoms with Gasteiger partial charge in [-0.05, 0) is 60.2 Å². The molecule has 0 fully saturated rings. The number of nitro benzene ring substituents is 1. The molecule has 0 aromatic heterocycles. The van der Waals surface area contributed by atoms with E-state index in [2.05, 4.69) is 10.5 Å². The van der Waals surface area contributed by atoms with Gasteiger partial charge in [0.25, 0.3) is 11.6 Å². The van der Waals surface area contributed by atoms with Crippen molar-refractivity contribution in [3.8, 4) is 11.5 Å². The van der Waals surface area contributed by atoms with Crippen LogP contribution in [-0.2, 0) is 4.79 Å². The van der Waals surface area contributed by atoms with E-state index < -0.39 is 16.8 Å². The van der Waals surface area contributed by atoms with Crippen LogP contribution in [0.3, 0.4) is 0 Å². The lowest BCUT2D eigenvalue weighted by molar-refractivity contribution is -0.384. The minimum atomic E-state index is -0.627. The van der Waals surface area contributed by atoms with Crippen molar-refractivity contribution in [3.63, 3.8) is 0 Å². The Hall–Kier alpha value is -3.95. The van der Waals surface area contributed by atoms with Gasteiger partial charge >= 0.3 is 5.97 Å². The van der Waals surface area contributed by atoms with Gasteiger partial charge < -0.3 is 9.47 Å². The maximum atomic E-state index is 12.2. The Morgan fingerprint density at radius 1 is 1.00 bits per heavy atom. The standard InChI is InChI=1S/C22H15Cl2N3O6/c23-15-3-10-19(20(24)11-15)22(29)33-18-6-1-14(2-7-18)12-25-26-21(28)13-32-17-8-4-16(5-9-17)27(30)31/h1-12H,13H2,(H,26,28)/b25-12+. The highest BCUT2D eigenvalue weighted by molar-refractivity contribution is 6.36. The molecule has 1 amide bonds. The van der Waals surface area contributed by atoms with E-state index in [0.717, 1.165) is 0 Å². The number of halogens is 2. The first-order chi connectivity index (χ1) is 15.8. The molecule has 3 aromatic carbocycles. The molecule has 0 aliphatic heterocycles. The van der Waals surface area contributed by atoms with Gasteiger partial charge in [-0.25, -0.2) is 10.2 Å². The summed E-state index contributed by atoms with van der Waals surface area (Å²) < 4.78 is 10.5. The van der Waals surface area contributed by atoms with Gasteiger partial charge in [0.1, 0.15) is 11.5 Å². The lowest BCUT2D eigenvalue weighted by atomic mass is 10.2. The third kappa shape index (κ3) is 7.03. The van der Waals surface area contributed by atoms with E-state index >= 15 is 0 Å². The molecular weight excluding hydrogens is 473 g/mol. The van der Waals surface area contributed by atoms with Gasteiger partial charge in [-0.2, -0.15) is 5.10 Å². The van der Waals surface area contributed by atoms with Crippen LogP contribution in [0.25, 0.3) is 0 Å². The molecule has 0 spiro atoms. The largest absolute Gasteiger partial charge is 0.484 e. The molecule has 0 bridgehead atoms. The smallest absolute Gasteiger partial charge is 0.345 e. The molecule has 33 heavy (non-hydrogen) atoms. The first-order valence-electron chi connectivity index (χ1n) is 9.28. The van der Waals surface area contributed by atoms with Gasteiger partial charge in [0.2, 0.25) is 0 Å². The van der Waals surface area contributed by atoms with Crippen molar-refractivity contribution in [2.24, 2.45) is 5.10 Å². The number of carbonyl (C=O) groups excluding carboxylic acids is 2. The fourth-order valence-corrected chi connectivity index (χ4v) is 2.95. The Morgan fingerprint density at radius 3 is 2.30 bits per heavy atom. The molecule has 1 N–H and O–H groups in total. The zero-order valence-corrected chi connectivity index (χ0v) is 18.2. The Labute approximate surface area is 197 Å². The molecular formula is C22H15Cl2N3O6. The number of nitrogens with one attached hydrogen (secondary N) is 1. The monoisotopic (exact) mass is 487 g/mol. The second kappa shape index (κ2) is 11.1. The van der Waals surface area contributed by atoms with E-state index in [-0.39, 0.29) is 22.9 Å². The summed E-state index contributed by atoms with van der Waals surface area (Å²) in [7, 11) is 0. The Balaban J connectivity index is 1.47. The number of non-ortho nitro benzene ring substituents is 1. The first-order valence-corrected chi connectivity index (χ1v) is 10.0.